The molecular formula is C20H28N2O6S. The Morgan fingerprint density at radius 1 is 1.21 bits per heavy atom. The van der Waals surface area contributed by atoms with E-state index in [2.05, 4.69) is 5.32 Å². The summed E-state index contributed by atoms with van der Waals surface area (Å²) < 4.78 is 37.6. The van der Waals surface area contributed by atoms with Gasteiger partial charge in [-0.15, -0.1) is 0 Å². The normalized spacial score (nSPS) is 19.7. The summed E-state index contributed by atoms with van der Waals surface area (Å²) in [6.07, 6.45) is 3.09. The zero-order valence-corrected chi connectivity index (χ0v) is 17.7. The third-order valence-corrected chi connectivity index (χ3v) is 7.29. The summed E-state index contributed by atoms with van der Waals surface area (Å²) in [6.45, 7) is 4.45. The van der Waals surface area contributed by atoms with Crippen molar-refractivity contribution in [1.29, 1.82) is 0 Å². The van der Waals surface area contributed by atoms with Crippen LogP contribution in [0.3, 0.4) is 0 Å². The number of amides is 1. The highest BCUT2D eigenvalue weighted by molar-refractivity contribution is 7.89. The number of nitrogens with one attached hydrogen (secondary N) is 1. The molecule has 1 saturated carbocycles. The van der Waals surface area contributed by atoms with E-state index in [4.69, 9.17) is 9.47 Å². The molecule has 1 N–H and O–H groups in total. The molecule has 1 aliphatic carbocycles. The Bertz CT molecular complexity index is 858. The number of carbonyl (C=O) groups is 2. The van der Waals surface area contributed by atoms with Crippen molar-refractivity contribution in [2.45, 2.75) is 56.6 Å². The summed E-state index contributed by atoms with van der Waals surface area (Å²) >= 11 is 0. The minimum Gasteiger partial charge on any atom is -0.449 e. The lowest BCUT2D eigenvalue weighted by Gasteiger charge is -2.26. The third kappa shape index (κ3) is 5.15. The molecular weight excluding hydrogens is 396 g/mol. The highest BCUT2D eigenvalue weighted by Gasteiger charge is 2.29. The molecule has 0 spiro atoms. The SMILES string of the molecule is Cc1ccc(S(=O)(=O)N2CCOCC2)cc1C(=O)O[C@H](C)C(=O)NC1CCCC1. The maximum Gasteiger partial charge on any atom is 0.339 e. The number of morpholine rings is 1. The average molecular weight is 425 g/mol. The predicted molar refractivity (Wildman–Crippen MR) is 106 cm³/mol. The zero-order valence-electron chi connectivity index (χ0n) is 16.8. The molecule has 1 heterocycles. The fourth-order valence-electron chi connectivity index (χ4n) is 3.58. The van der Waals surface area contributed by atoms with Crippen LogP contribution in [0.15, 0.2) is 23.1 Å². The molecule has 1 aromatic carbocycles. The van der Waals surface area contributed by atoms with Crippen LogP contribution in [0.1, 0.15) is 48.5 Å². The molecule has 160 valence electrons. The number of carbonyl (C=O) groups excluding carboxylic acids is 2. The van der Waals surface area contributed by atoms with Gasteiger partial charge in [0.2, 0.25) is 10.0 Å². The Hall–Kier alpha value is -1.97. The van der Waals surface area contributed by atoms with Gasteiger partial charge in [-0.25, -0.2) is 13.2 Å². The molecule has 0 bridgehead atoms. The molecule has 1 aromatic rings. The maximum atomic E-state index is 12.9. The molecule has 0 unspecified atom stereocenters. The predicted octanol–water partition coefficient (Wildman–Crippen LogP) is 1.62. The molecule has 29 heavy (non-hydrogen) atoms. The number of nitrogens with zero attached hydrogens (tertiary/aromatic N) is 1. The Balaban J connectivity index is 1.71. The highest BCUT2D eigenvalue weighted by atomic mass is 32.2. The van der Waals surface area contributed by atoms with Crippen molar-refractivity contribution in [3.8, 4) is 0 Å². The molecule has 1 saturated heterocycles. The molecule has 0 radical (unpaired) electrons. The second kappa shape index (κ2) is 9.23. The van der Waals surface area contributed by atoms with Crippen molar-refractivity contribution in [3.63, 3.8) is 0 Å². The molecule has 8 nitrogen and oxygen atoms in total. The third-order valence-electron chi connectivity index (χ3n) is 5.39. The van der Waals surface area contributed by atoms with E-state index in [1.165, 1.54) is 23.4 Å². The van der Waals surface area contributed by atoms with Crippen molar-refractivity contribution >= 4 is 21.9 Å². The van der Waals surface area contributed by atoms with Gasteiger partial charge in [0.25, 0.3) is 5.91 Å². The minimum absolute atomic E-state index is 0.0278. The molecule has 3 rings (SSSR count). The summed E-state index contributed by atoms with van der Waals surface area (Å²) in [5, 5.41) is 2.90. The maximum absolute atomic E-state index is 12.9. The number of ether oxygens (including phenoxy) is 2. The molecule has 2 fully saturated rings. The lowest BCUT2D eigenvalue weighted by molar-refractivity contribution is -0.129. The highest BCUT2D eigenvalue weighted by Crippen LogP contribution is 2.22. The second-order valence-corrected chi connectivity index (χ2v) is 9.47. The van der Waals surface area contributed by atoms with Crippen molar-refractivity contribution in [1.82, 2.24) is 9.62 Å². The fourth-order valence-corrected chi connectivity index (χ4v) is 5.02. The molecule has 1 aliphatic heterocycles. The number of rotatable bonds is 6. The van der Waals surface area contributed by atoms with Crippen LogP contribution in [0.25, 0.3) is 0 Å². The molecule has 9 heteroatoms. The van der Waals surface area contributed by atoms with Gasteiger partial charge in [0.05, 0.1) is 23.7 Å². The van der Waals surface area contributed by atoms with Gasteiger partial charge in [-0.2, -0.15) is 4.31 Å². The Morgan fingerprint density at radius 2 is 1.86 bits per heavy atom. The van der Waals surface area contributed by atoms with Crippen LogP contribution in [-0.2, 0) is 24.3 Å². The van der Waals surface area contributed by atoms with E-state index in [0.29, 0.717) is 18.8 Å². The summed E-state index contributed by atoms with van der Waals surface area (Å²) in [5.41, 5.74) is 0.721. The first-order valence-corrected chi connectivity index (χ1v) is 11.4. The van der Waals surface area contributed by atoms with Crippen LogP contribution < -0.4 is 5.32 Å². The van der Waals surface area contributed by atoms with Crippen LogP contribution >= 0.6 is 0 Å². The van der Waals surface area contributed by atoms with Gasteiger partial charge in [-0.05, 0) is 44.4 Å². The second-order valence-electron chi connectivity index (χ2n) is 7.53. The van der Waals surface area contributed by atoms with E-state index >= 15 is 0 Å². The number of hydrogen-bond donors (Lipinski definition) is 1. The number of hydrogen-bond acceptors (Lipinski definition) is 6. The Morgan fingerprint density at radius 3 is 2.52 bits per heavy atom. The van der Waals surface area contributed by atoms with Crippen LogP contribution in [0.2, 0.25) is 0 Å². The van der Waals surface area contributed by atoms with Gasteiger partial charge in [0.1, 0.15) is 0 Å². The zero-order chi connectivity index (χ0) is 21.0. The van der Waals surface area contributed by atoms with Crippen LogP contribution in [0.5, 0.6) is 0 Å². The van der Waals surface area contributed by atoms with Crippen molar-refractivity contribution in [2.75, 3.05) is 26.3 Å². The Labute approximate surface area is 171 Å². The van der Waals surface area contributed by atoms with Gasteiger partial charge in [-0.1, -0.05) is 18.9 Å². The quantitative estimate of drug-likeness (QED) is 0.697. The molecule has 1 amide bonds. The first kappa shape index (κ1) is 21.7. The van der Waals surface area contributed by atoms with Crippen LogP contribution in [0.4, 0.5) is 0 Å². The van der Waals surface area contributed by atoms with Crippen molar-refractivity contribution < 1.29 is 27.5 Å². The van der Waals surface area contributed by atoms with E-state index in [9.17, 15) is 18.0 Å². The summed E-state index contributed by atoms with van der Waals surface area (Å²) in [6, 6.07) is 4.51. The van der Waals surface area contributed by atoms with Crippen LogP contribution in [-0.4, -0.2) is 63.0 Å². The van der Waals surface area contributed by atoms with E-state index in [1.54, 1.807) is 13.0 Å². The summed E-state index contributed by atoms with van der Waals surface area (Å²) in [7, 11) is -3.73. The number of sulfonamides is 1. The van der Waals surface area contributed by atoms with Gasteiger partial charge in [0.15, 0.2) is 6.10 Å². The number of aryl methyl sites for hydroxylation is 1. The van der Waals surface area contributed by atoms with Crippen molar-refractivity contribution in [2.24, 2.45) is 0 Å². The lowest BCUT2D eigenvalue weighted by Crippen LogP contribution is -2.41. The molecule has 1 atom stereocenters. The lowest BCUT2D eigenvalue weighted by atomic mass is 10.1. The fraction of sp³-hybridized carbons (Fsp3) is 0.600. The largest absolute Gasteiger partial charge is 0.449 e. The number of benzene rings is 1. The van der Waals surface area contributed by atoms with Gasteiger partial charge in [-0.3, -0.25) is 4.79 Å². The first-order valence-electron chi connectivity index (χ1n) is 9.99. The van der Waals surface area contributed by atoms with Gasteiger partial charge >= 0.3 is 5.97 Å². The Kier molecular flexibility index (Phi) is 6.92. The monoisotopic (exact) mass is 424 g/mol. The van der Waals surface area contributed by atoms with Crippen LogP contribution in [0, 0.1) is 6.92 Å². The molecule has 2 aliphatic rings. The average Bonchev–Trinajstić information content (AvgIpc) is 3.21. The van der Waals surface area contributed by atoms with Crippen molar-refractivity contribution in [3.05, 3.63) is 29.3 Å². The topological polar surface area (TPSA) is 102 Å². The van der Waals surface area contributed by atoms with Gasteiger partial charge < -0.3 is 14.8 Å². The standard InChI is InChI=1S/C20H28N2O6S/c1-14-7-8-17(29(25,26)22-9-11-27-12-10-22)13-18(14)20(24)28-15(2)19(23)21-16-5-3-4-6-16/h7-8,13,15-16H,3-6,9-12H2,1-2H3,(H,21,23)/t15-/m1/s1. The van der Waals surface area contributed by atoms with E-state index in [1.807, 2.05) is 0 Å². The molecule has 0 aromatic heterocycles. The summed E-state index contributed by atoms with van der Waals surface area (Å²) in [4.78, 5) is 25.0. The van der Waals surface area contributed by atoms with E-state index < -0.39 is 22.1 Å². The van der Waals surface area contributed by atoms with E-state index in [-0.39, 0.29) is 35.5 Å². The minimum atomic E-state index is -3.73. The smallest absolute Gasteiger partial charge is 0.339 e. The van der Waals surface area contributed by atoms with E-state index in [0.717, 1.165) is 25.7 Å². The van der Waals surface area contributed by atoms with Gasteiger partial charge in [0, 0.05) is 19.1 Å². The number of esters is 1. The first-order chi connectivity index (χ1) is 13.8. The summed E-state index contributed by atoms with van der Waals surface area (Å²) in [5.74, 6) is -1.05.